The largest absolute Gasteiger partial charge is 0.416 e. The lowest BCUT2D eigenvalue weighted by molar-refractivity contribution is -0.143. The highest BCUT2D eigenvalue weighted by atomic mass is 32.2. The molecular weight excluding hydrogens is 356 g/mol. The maximum absolute atomic E-state index is 12.8. The second kappa shape index (κ2) is 6.46. The Labute approximate surface area is 136 Å². The second-order valence-corrected chi connectivity index (χ2v) is 6.02. The van der Waals surface area contributed by atoms with Gasteiger partial charge in [0.25, 0.3) is 0 Å². The predicted octanol–water partition coefficient (Wildman–Crippen LogP) is 5.42. The van der Waals surface area contributed by atoms with Gasteiger partial charge in [-0.15, -0.1) is 0 Å². The fourth-order valence-electron chi connectivity index (χ4n) is 1.88. The van der Waals surface area contributed by atoms with Crippen LogP contribution >= 0.6 is 11.8 Å². The van der Waals surface area contributed by atoms with E-state index < -0.39 is 23.5 Å². The number of hydrogen-bond donors (Lipinski definition) is 0. The van der Waals surface area contributed by atoms with Crippen molar-refractivity contribution in [3.63, 3.8) is 0 Å². The third kappa shape index (κ3) is 4.50. The number of carbonyl (C=O) groups excluding carboxylic acids is 1. The van der Waals surface area contributed by atoms with Crippen LogP contribution in [0.5, 0.6) is 0 Å². The molecule has 0 unspecified atom stereocenters. The van der Waals surface area contributed by atoms with Crippen molar-refractivity contribution in [2.24, 2.45) is 0 Å². The maximum atomic E-state index is 12.8. The summed E-state index contributed by atoms with van der Waals surface area (Å²) in [5, 5.41) is -0.219. The van der Waals surface area contributed by atoms with Crippen molar-refractivity contribution >= 4 is 16.9 Å². The van der Waals surface area contributed by atoms with Crippen molar-refractivity contribution in [3.8, 4) is 11.3 Å². The number of nitrogens with zero attached hydrogens (tertiary/aromatic N) is 1. The summed E-state index contributed by atoms with van der Waals surface area (Å²) in [6.07, 6.45) is -8.62. The minimum Gasteiger partial charge on any atom is -0.287 e. The first-order valence-corrected chi connectivity index (χ1v) is 7.23. The molecular formula is C15H9F6NOS. The number of pyridine rings is 1. The molecule has 0 aliphatic carbocycles. The van der Waals surface area contributed by atoms with E-state index in [0.29, 0.717) is 17.0 Å². The number of hydrogen-bond acceptors (Lipinski definition) is 3. The number of halogens is 6. The third-order valence-electron chi connectivity index (χ3n) is 2.88. The smallest absolute Gasteiger partial charge is 0.287 e. The minimum atomic E-state index is -4.92. The van der Waals surface area contributed by atoms with Gasteiger partial charge in [0.05, 0.1) is 16.8 Å². The fraction of sp³-hybridized carbons (Fsp3) is 0.200. The topological polar surface area (TPSA) is 30.0 Å². The van der Waals surface area contributed by atoms with Crippen LogP contribution in [0, 0.1) is 0 Å². The van der Waals surface area contributed by atoms with E-state index in [1.165, 1.54) is 25.3 Å². The molecule has 0 aliphatic rings. The van der Waals surface area contributed by atoms with Crippen molar-refractivity contribution in [1.82, 2.24) is 4.98 Å². The summed E-state index contributed by atoms with van der Waals surface area (Å²) in [7, 11) is 0. The quantitative estimate of drug-likeness (QED) is 0.525. The van der Waals surface area contributed by atoms with E-state index >= 15 is 0 Å². The van der Waals surface area contributed by atoms with Gasteiger partial charge in [0.15, 0.2) is 5.12 Å². The van der Waals surface area contributed by atoms with Crippen molar-refractivity contribution in [1.29, 1.82) is 0 Å². The number of alkyl halides is 6. The zero-order valence-electron chi connectivity index (χ0n) is 12.0. The normalized spacial score (nSPS) is 12.3. The van der Waals surface area contributed by atoms with Crippen molar-refractivity contribution < 1.29 is 31.1 Å². The lowest BCUT2D eigenvalue weighted by Gasteiger charge is -2.14. The standard InChI is InChI=1S/C15H9F6NOS/c1-8(23)24-12-2-3-13(22-7-12)9-4-10(14(16,17)18)6-11(5-9)15(19,20)21/h2-7H,1H3. The van der Waals surface area contributed by atoms with E-state index in [0.717, 1.165) is 11.8 Å². The summed E-state index contributed by atoms with van der Waals surface area (Å²) in [5.41, 5.74) is -3.18. The lowest BCUT2D eigenvalue weighted by atomic mass is 10.0. The first kappa shape index (κ1) is 18.3. The first-order chi connectivity index (χ1) is 11.0. The highest BCUT2D eigenvalue weighted by Crippen LogP contribution is 2.38. The Bertz CT molecular complexity index is 720. The first-order valence-electron chi connectivity index (χ1n) is 6.41. The van der Waals surface area contributed by atoms with Crippen LogP contribution in [0.4, 0.5) is 26.3 Å². The van der Waals surface area contributed by atoms with Gasteiger partial charge < -0.3 is 0 Å². The van der Waals surface area contributed by atoms with Gasteiger partial charge >= 0.3 is 12.4 Å². The molecule has 1 aromatic carbocycles. The Morgan fingerprint density at radius 1 is 0.958 bits per heavy atom. The maximum Gasteiger partial charge on any atom is 0.416 e. The molecule has 2 nitrogen and oxygen atoms in total. The van der Waals surface area contributed by atoms with Crippen LogP contribution in [-0.4, -0.2) is 10.1 Å². The fourth-order valence-corrected chi connectivity index (χ4v) is 2.45. The molecule has 0 bridgehead atoms. The van der Waals surface area contributed by atoms with Crippen molar-refractivity contribution in [3.05, 3.63) is 47.7 Å². The number of rotatable bonds is 2. The van der Waals surface area contributed by atoms with E-state index in [1.807, 2.05) is 0 Å². The van der Waals surface area contributed by atoms with Crippen LogP contribution in [0.25, 0.3) is 11.3 Å². The molecule has 0 amide bonds. The molecule has 0 aliphatic heterocycles. The Morgan fingerprint density at radius 2 is 1.50 bits per heavy atom. The molecule has 0 fully saturated rings. The summed E-state index contributed by atoms with van der Waals surface area (Å²) in [4.78, 5) is 15.2. The van der Waals surface area contributed by atoms with Crippen LogP contribution in [0.15, 0.2) is 41.4 Å². The molecule has 0 saturated heterocycles. The Morgan fingerprint density at radius 3 is 1.88 bits per heavy atom. The van der Waals surface area contributed by atoms with Crippen LogP contribution in [0.3, 0.4) is 0 Å². The van der Waals surface area contributed by atoms with E-state index in [2.05, 4.69) is 4.98 Å². The van der Waals surface area contributed by atoms with Crippen LogP contribution in [0.2, 0.25) is 0 Å². The SMILES string of the molecule is CC(=O)Sc1ccc(-c2cc(C(F)(F)F)cc(C(F)(F)F)c2)nc1. The lowest BCUT2D eigenvalue weighted by Crippen LogP contribution is -2.11. The van der Waals surface area contributed by atoms with Gasteiger partial charge in [-0.3, -0.25) is 9.78 Å². The van der Waals surface area contributed by atoms with Gasteiger partial charge in [0, 0.05) is 23.6 Å². The highest BCUT2D eigenvalue weighted by molar-refractivity contribution is 8.13. The Hall–Kier alpha value is -2.03. The zero-order valence-corrected chi connectivity index (χ0v) is 12.8. The van der Waals surface area contributed by atoms with Gasteiger partial charge in [-0.1, -0.05) is 11.8 Å². The van der Waals surface area contributed by atoms with E-state index in [4.69, 9.17) is 0 Å². The third-order valence-corrected chi connectivity index (χ3v) is 3.65. The van der Waals surface area contributed by atoms with Gasteiger partial charge in [0.1, 0.15) is 0 Å². The number of benzene rings is 1. The van der Waals surface area contributed by atoms with Crippen LogP contribution < -0.4 is 0 Å². The number of aromatic nitrogens is 1. The van der Waals surface area contributed by atoms with E-state index in [1.54, 1.807) is 0 Å². The Kier molecular flexibility index (Phi) is 4.93. The molecule has 0 atom stereocenters. The second-order valence-electron chi connectivity index (χ2n) is 4.77. The predicted molar refractivity (Wildman–Crippen MR) is 76.2 cm³/mol. The summed E-state index contributed by atoms with van der Waals surface area (Å²) >= 11 is 0.856. The molecule has 1 aromatic heterocycles. The molecule has 24 heavy (non-hydrogen) atoms. The van der Waals surface area contributed by atoms with Crippen molar-refractivity contribution in [2.45, 2.75) is 24.2 Å². The van der Waals surface area contributed by atoms with E-state index in [9.17, 15) is 31.1 Å². The van der Waals surface area contributed by atoms with Gasteiger partial charge in [-0.25, -0.2) is 0 Å². The monoisotopic (exact) mass is 365 g/mol. The van der Waals surface area contributed by atoms with Crippen LogP contribution in [-0.2, 0) is 17.1 Å². The molecule has 0 radical (unpaired) electrons. The molecule has 128 valence electrons. The molecule has 0 saturated carbocycles. The van der Waals surface area contributed by atoms with Crippen molar-refractivity contribution in [2.75, 3.05) is 0 Å². The average Bonchev–Trinajstić information content (AvgIpc) is 2.45. The van der Waals surface area contributed by atoms with Crippen LogP contribution in [0.1, 0.15) is 18.1 Å². The summed E-state index contributed by atoms with van der Waals surface area (Å²) in [5.74, 6) is 0. The number of thioether (sulfide) groups is 1. The summed E-state index contributed by atoms with van der Waals surface area (Å²) in [6, 6.07) is 3.94. The molecule has 2 rings (SSSR count). The number of carbonyl (C=O) groups is 1. The molecule has 2 aromatic rings. The molecule has 0 N–H and O–H groups in total. The summed E-state index contributed by atoms with van der Waals surface area (Å²) < 4.78 is 77.0. The molecule has 1 heterocycles. The highest BCUT2D eigenvalue weighted by Gasteiger charge is 2.37. The van der Waals surface area contributed by atoms with Gasteiger partial charge in [-0.2, -0.15) is 26.3 Å². The average molecular weight is 365 g/mol. The molecule has 0 spiro atoms. The minimum absolute atomic E-state index is 0.0560. The van der Waals surface area contributed by atoms with Gasteiger partial charge in [0.2, 0.25) is 0 Å². The van der Waals surface area contributed by atoms with E-state index in [-0.39, 0.29) is 22.4 Å². The zero-order chi connectivity index (χ0) is 18.1. The summed E-state index contributed by atoms with van der Waals surface area (Å²) in [6.45, 7) is 1.32. The molecule has 9 heteroatoms. The Balaban J connectivity index is 2.51. The van der Waals surface area contributed by atoms with Gasteiger partial charge in [-0.05, 0) is 30.3 Å².